The second-order valence-corrected chi connectivity index (χ2v) is 7.17. The fourth-order valence-corrected chi connectivity index (χ4v) is 2.71. The highest BCUT2D eigenvalue weighted by Gasteiger charge is 2.29. The van der Waals surface area contributed by atoms with Gasteiger partial charge in [0, 0.05) is 17.6 Å². The molecule has 1 atom stereocenters. The van der Waals surface area contributed by atoms with Crippen LogP contribution in [0.2, 0.25) is 0 Å². The topological polar surface area (TPSA) is 75.3 Å². The number of nitrogens with one attached hydrogen (secondary N) is 2. The van der Waals surface area contributed by atoms with E-state index in [1.54, 1.807) is 26.0 Å². The maximum atomic E-state index is 11.6. The Morgan fingerprint density at radius 2 is 1.90 bits per heavy atom. The van der Waals surface area contributed by atoms with Crippen molar-refractivity contribution >= 4 is 21.6 Å². The Kier molecular flexibility index (Phi) is 4.45. The molecule has 1 aliphatic rings. The van der Waals surface area contributed by atoms with Gasteiger partial charge in [0.15, 0.2) is 0 Å². The van der Waals surface area contributed by atoms with Crippen LogP contribution < -0.4 is 10.0 Å². The van der Waals surface area contributed by atoms with Crippen LogP contribution >= 0.6 is 0 Å². The van der Waals surface area contributed by atoms with E-state index in [0.717, 1.165) is 24.1 Å². The van der Waals surface area contributed by atoms with Crippen molar-refractivity contribution in [2.24, 2.45) is 5.92 Å². The van der Waals surface area contributed by atoms with Crippen molar-refractivity contribution in [2.45, 2.75) is 32.7 Å². The summed E-state index contributed by atoms with van der Waals surface area (Å²) in [5.74, 6) is 0.301. The van der Waals surface area contributed by atoms with Gasteiger partial charge in [0.1, 0.15) is 0 Å². The third-order valence-corrected chi connectivity index (χ3v) is 4.84. The first-order valence-corrected chi connectivity index (χ1v) is 8.47. The van der Waals surface area contributed by atoms with Gasteiger partial charge >= 0.3 is 0 Å². The number of carbonyl (C=O) groups excluding carboxylic acids is 1. The van der Waals surface area contributed by atoms with E-state index in [1.807, 2.05) is 12.1 Å². The molecule has 0 unspecified atom stereocenters. The van der Waals surface area contributed by atoms with Crippen LogP contribution in [-0.4, -0.2) is 20.1 Å². The minimum Gasteiger partial charge on any atom is -0.326 e. The number of amides is 1. The summed E-state index contributed by atoms with van der Waals surface area (Å²) in [4.78, 5) is 11.6. The second-order valence-electron chi connectivity index (χ2n) is 5.13. The van der Waals surface area contributed by atoms with Crippen molar-refractivity contribution < 1.29 is 13.2 Å². The third-order valence-electron chi connectivity index (χ3n) is 3.36. The summed E-state index contributed by atoms with van der Waals surface area (Å²) in [7, 11) is -3.22. The van der Waals surface area contributed by atoms with Gasteiger partial charge in [-0.25, -0.2) is 13.1 Å². The Hall–Kier alpha value is -1.40. The van der Waals surface area contributed by atoms with Gasteiger partial charge in [-0.15, -0.1) is 0 Å². The summed E-state index contributed by atoms with van der Waals surface area (Å²) in [5, 5.41) is 2.85. The van der Waals surface area contributed by atoms with Crippen molar-refractivity contribution in [2.75, 3.05) is 11.1 Å². The molecule has 1 aromatic rings. The van der Waals surface area contributed by atoms with E-state index in [2.05, 4.69) is 10.0 Å². The quantitative estimate of drug-likeness (QED) is 0.843. The number of anilines is 1. The van der Waals surface area contributed by atoms with E-state index in [1.165, 1.54) is 0 Å². The minimum absolute atomic E-state index is 0.0624. The number of carbonyl (C=O) groups is 1. The Balaban J connectivity index is 1.98. The van der Waals surface area contributed by atoms with Crippen LogP contribution in [-0.2, 0) is 14.8 Å². The van der Waals surface area contributed by atoms with E-state index in [-0.39, 0.29) is 23.6 Å². The first kappa shape index (κ1) is 15.0. The average molecular weight is 296 g/mol. The molecule has 1 amide bonds. The highest BCUT2D eigenvalue weighted by Crippen LogP contribution is 2.30. The van der Waals surface area contributed by atoms with Crippen molar-refractivity contribution in [3.63, 3.8) is 0 Å². The second kappa shape index (κ2) is 5.93. The van der Waals surface area contributed by atoms with E-state index in [0.29, 0.717) is 0 Å². The van der Waals surface area contributed by atoms with Gasteiger partial charge in [-0.05, 0) is 44.4 Å². The molecule has 0 aromatic heterocycles. The molecule has 110 valence electrons. The minimum atomic E-state index is -3.22. The molecule has 5 nitrogen and oxygen atoms in total. The predicted molar refractivity (Wildman–Crippen MR) is 78.8 cm³/mol. The predicted octanol–water partition coefficient (Wildman–Crippen LogP) is 2.04. The standard InChI is InChI=1S/C14H20N2O3S/c1-3-20(18,19)16-10(2)11-6-8-13(9-7-11)15-14(17)12-4-5-12/h6-10,12,16H,3-5H2,1-2H3,(H,15,17)/t10-/m0/s1. The third kappa shape index (κ3) is 4.05. The lowest BCUT2D eigenvalue weighted by molar-refractivity contribution is -0.117. The van der Waals surface area contributed by atoms with Gasteiger partial charge in [0.05, 0.1) is 5.75 Å². The molecular weight excluding hydrogens is 276 g/mol. The van der Waals surface area contributed by atoms with E-state index in [9.17, 15) is 13.2 Å². The smallest absolute Gasteiger partial charge is 0.227 e. The molecule has 20 heavy (non-hydrogen) atoms. The van der Waals surface area contributed by atoms with E-state index in [4.69, 9.17) is 0 Å². The summed E-state index contributed by atoms with van der Waals surface area (Å²) in [5.41, 5.74) is 1.61. The van der Waals surface area contributed by atoms with Gasteiger partial charge < -0.3 is 5.32 Å². The molecule has 1 aliphatic carbocycles. The summed E-state index contributed by atoms with van der Waals surface area (Å²) < 4.78 is 25.6. The maximum absolute atomic E-state index is 11.6. The SMILES string of the molecule is CCS(=O)(=O)N[C@@H](C)c1ccc(NC(=O)C2CC2)cc1. The normalized spacial score (nSPS) is 16.7. The van der Waals surface area contributed by atoms with Gasteiger partial charge in [0.25, 0.3) is 0 Å². The summed E-state index contributed by atoms with van der Waals surface area (Å²) >= 11 is 0. The zero-order valence-corrected chi connectivity index (χ0v) is 12.5. The Bertz CT molecular complexity index is 577. The molecule has 0 spiro atoms. The zero-order valence-electron chi connectivity index (χ0n) is 11.7. The molecule has 0 saturated heterocycles. The molecular formula is C14H20N2O3S. The number of rotatable bonds is 6. The summed E-state index contributed by atoms with van der Waals surface area (Å²) in [6, 6.07) is 6.96. The molecule has 6 heteroatoms. The number of hydrogen-bond donors (Lipinski definition) is 2. The van der Waals surface area contributed by atoms with Crippen molar-refractivity contribution in [1.82, 2.24) is 4.72 Å². The molecule has 1 aromatic carbocycles. The summed E-state index contributed by atoms with van der Waals surface area (Å²) in [6.07, 6.45) is 1.94. The lowest BCUT2D eigenvalue weighted by Gasteiger charge is -2.14. The number of benzene rings is 1. The molecule has 0 bridgehead atoms. The molecule has 0 heterocycles. The lowest BCUT2D eigenvalue weighted by Crippen LogP contribution is -2.28. The van der Waals surface area contributed by atoms with Gasteiger partial charge in [-0.2, -0.15) is 0 Å². The Morgan fingerprint density at radius 1 is 1.30 bits per heavy atom. The van der Waals surface area contributed by atoms with E-state index < -0.39 is 10.0 Å². The highest BCUT2D eigenvalue weighted by atomic mass is 32.2. The molecule has 1 fully saturated rings. The summed E-state index contributed by atoms with van der Waals surface area (Å²) in [6.45, 7) is 3.40. The van der Waals surface area contributed by atoms with Crippen LogP contribution in [0.1, 0.15) is 38.3 Å². The lowest BCUT2D eigenvalue weighted by atomic mass is 10.1. The van der Waals surface area contributed by atoms with E-state index >= 15 is 0 Å². The van der Waals surface area contributed by atoms with Crippen LogP contribution in [0, 0.1) is 5.92 Å². The van der Waals surface area contributed by atoms with Crippen LogP contribution in [0.15, 0.2) is 24.3 Å². The van der Waals surface area contributed by atoms with Crippen molar-refractivity contribution in [3.8, 4) is 0 Å². The molecule has 2 rings (SSSR count). The highest BCUT2D eigenvalue weighted by molar-refractivity contribution is 7.89. The molecule has 0 aliphatic heterocycles. The number of hydrogen-bond acceptors (Lipinski definition) is 3. The molecule has 0 radical (unpaired) electrons. The van der Waals surface area contributed by atoms with Gasteiger partial charge in [0.2, 0.25) is 15.9 Å². The fourth-order valence-electron chi connectivity index (χ4n) is 1.87. The fraction of sp³-hybridized carbons (Fsp3) is 0.500. The van der Waals surface area contributed by atoms with Crippen molar-refractivity contribution in [1.29, 1.82) is 0 Å². The van der Waals surface area contributed by atoms with Crippen LogP contribution in [0.5, 0.6) is 0 Å². The zero-order chi connectivity index (χ0) is 14.8. The molecule has 1 saturated carbocycles. The van der Waals surface area contributed by atoms with Crippen LogP contribution in [0.4, 0.5) is 5.69 Å². The first-order chi connectivity index (χ1) is 9.41. The first-order valence-electron chi connectivity index (χ1n) is 6.82. The van der Waals surface area contributed by atoms with Crippen LogP contribution in [0.3, 0.4) is 0 Å². The van der Waals surface area contributed by atoms with Gasteiger partial charge in [-0.1, -0.05) is 12.1 Å². The Labute approximate surface area is 119 Å². The number of sulfonamides is 1. The van der Waals surface area contributed by atoms with Crippen LogP contribution in [0.25, 0.3) is 0 Å². The Morgan fingerprint density at radius 3 is 2.40 bits per heavy atom. The maximum Gasteiger partial charge on any atom is 0.227 e. The monoisotopic (exact) mass is 296 g/mol. The average Bonchev–Trinajstić information content (AvgIpc) is 3.23. The largest absolute Gasteiger partial charge is 0.326 e. The molecule has 2 N–H and O–H groups in total. The van der Waals surface area contributed by atoms with Gasteiger partial charge in [-0.3, -0.25) is 4.79 Å². The van der Waals surface area contributed by atoms with Crippen molar-refractivity contribution in [3.05, 3.63) is 29.8 Å².